The van der Waals surface area contributed by atoms with Crippen molar-refractivity contribution in [2.45, 2.75) is 18.6 Å². The maximum absolute atomic E-state index is 12.8. The number of carbonyl (C=O) groups excluding carboxylic acids is 2. The van der Waals surface area contributed by atoms with Gasteiger partial charge in [0.25, 0.3) is 5.24 Å². The largest absolute Gasteiger partial charge is 0.494 e. The molecule has 3 rings (SSSR count). The Kier molecular flexibility index (Phi) is 5.71. The van der Waals surface area contributed by atoms with Crippen LogP contribution < -0.4 is 9.64 Å². The number of hydrogen-bond acceptors (Lipinski definition) is 4. The molecule has 2 amide bonds. The van der Waals surface area contributed by atoms with Crippen LogP contribution in [0.4, 0.5) is 10.5 Å². The summed E-state index contributed by atoms with van der Waals surface area (Å²) < 4.78 is 6.54. The second-order valence-electron chi connectivity index (χ2n) is 5.41. The molecular weight excluding hydrogens is 426 g/mol. The maximum Gasteiger partial charge on any atom is 0.293 e. The number of imide groups is 1. The Morgan fingerprint density at radius 2 is 1.92 bits per heavy atom. The van der Waals surface area contributed by atoms with E-state index in [1.807, 2.05) is 25.1 Å². The Balaban J connectivity index is 1.83. The number of anilines is 1. The highest BCUT2D eigenvalue weighted by Crippen LogP contribution is 2.36. The van der Waals surface area contributed by atoms with Gasteiger partial charge in [-0.3, -0.25) is 9.59 Å². The summed E-state index contributed by atoms with van der Waals surface area (Å²) in [6.07, 6.45) is 0.425. The van der Waals surface area contributed by atoms with E-state index in [9.17, 15) is 9.59 Å². The van der Waals surface area contributed by atoms with Crippen molar-refractivity contribution >= 4 is 56.1 Å². The van der Waals surface area contributed by atoms with Gasteiger partial charge >= 0.3 is 0 Å². The van der Waals surface area contributed by atoms with Gasteiger partial charge in [0.2, 0.25) is 5.91 Å². The van der Waals surface area contributed by atoms with Gasteiger partial charge < -0.3 is 4.74 Å². The van der Waals surface area contributed by atoms with Crippen LogP contribution in [-0.4, -0.2) is 23.0 Å². The predicted molar refractivity (Wildman–Crippen MR) is 105 cm³/mol. The predicted octanol–water partition coefficient (Wildman–Crippen LogP) is 5.31. The average molecular weight is 441 g/mol. The third-order valence-corrected chi connectivity index (χ3v) is 5.52. The summed E-state index contributed by atoms with van der Waals surface area (Å²) in [5.41, 5.74) is 1.43. The molecule has 0 aliphatic carbocycles. The molecule has 0 spiro atoms. The minimum absolute atomic E-state index is 0.222. The van der Waals surface area contributed by atoms with Crippen LogP contribution in [0.25, 0.3) is 0 Å². The lowest BCUT2D eigenvalue weighted by molar-refractivity contribution is -0.117. The molecule has 2 aromatic carbocycles. The van der Waals surface area contributed by atoms with E-state index in [4.69, 9.17) is 16.3 Å². The maximum atomic E-state index is 12.8. The van der Waals surface area contributed by atoms with Gasteiger partial charge in [-0.05, 0) is 61.4 Å². The van der Waals surface area contributed by atoms with Crippen molar-refractivity contribution in [1.29, 1.82) is 0 Å². The van der Waals surface area contributed by atoms with E-state index >= 15 is 0 Å². The molecule has 1 aliphatic rings. The SMILES string of the molecule is CCOc1ccc(Br)cc1C[C@H]1SC(=O)N(c2ccc(Cl)cc2)C1=O. The molecule has 0 aromatic heterocycles. The van der Waals surface area contributed by atoms with E-state index in [1.165, 1.54) is 4.90 Å². The molecule has 1 aliphatic heterocycles. The lowest BCUT2D eigenvalue weighted by atomic mass is 10.1. The van der Waals surface area contributed by atoms with Crippen LogP contribution in [0.5, 0.6) is 5.75 Å². The van der Waals surface area contributed by atoms with Crippen molar-refractivity contribution in [2.24, 2.45) is 0 Å². The van der Waals surface area contributed by atoms with E-state index < -0.39 is 5.25 Å². The van der Waals surface area contributed by atoms with Crippen molar-refractivity contribution in [3.05, 3.63) is 57.5 Å². The molecule has 0 saturated carbocycles. The minimum atomic E-state index is -0.475. The molecular formula is C18H15BrClNO3S. The summed E-state index contributed by atoms with van der Waals surface area (Å²) in [5, 5.41) is -0.190. The molecule has 4 nitrogen and oxygen atoms in total. The van der Waals surface area contributed by atoms with Gasteiger partial charge in [-0.1, -0.05) is 39.3 Å². The standard InChI is InChI=1S/C18H15BrClNO3S/c1-2-24-15-8-3-12(19)9-11(15)10-16-17(22)21(18(23)25-16)14-6-4-13(20)5-7-14/h3-9,16H,2,10H2,1H3/t16-/m1/s1. The number of nitrogens with zero attached hydrogens (tertiary/aromatic N) is 1. The molecule has 1 fully saturated rings. The first kappa shape index (κ1) is 18.3. The van der Waals surface area contributed by atoms with E-state index in [0.29, 0.717) is 23.7 Å². The Morgan fingerprint density at radius 1 is 1.20 bits per heavy atom. The quantitative estimate of drug-likeness (QED) is 0.632. The molecule has 1 heterocycles. The van der Waals surface area contributed by atoms with Crippen LogP contribution in [0.2, 0.25) is 5.02 Å². The fourth-order valence-corrected chi connectivity index (χ4v) is 4.16. The number of rotatable bonds is 5. The van der Waals surface area contributed by atoms with Gasteiger partial charge in [-0.15, -0.1) is 0 Å². The van der Waals surface area contributed by atoms with Crippen LogP contribution in [0.1, 0.15) is 12.5 Å². The topological polar surface area (TPSA) is 46.6 Å². The minimum Gasteiger partial charge on any atom is -0.494 e. The first-order valence-electron chi connectivity index (χ1n) is 7.71. The zero-order valence-electron chi connectivity index (χ0n) is 13.4. The Hall–Kier alpha value is -1.50. The lowest BCUT2D eigenvalue weighted by Crippen LogP contribution is -2.32. The van der Waals surface area contributed by atoms with Crippen molar-refractivity contribution < 1.29 is 14.3 Å². The van der Waals surface area contributed by atoms with E-state index in [0.717, 1.165) is 27.5 Å². The normalized spacial score (nSPS) is 17.2. The number of amides is 2. The molecule has 0 unspecified atom stereocenters. The zero-order chi connectivity index (χ0) is 18.0. The highest BCUT2D eigenvalue weighted by atomic mass is 79.9. The first-order valence-corrected chi connectivity index (χ1v) is 9.76. The van der Waals surface area contributed by atoms with E-state index in [1.54, 1.807) is 24.3 Å². The van der Waals surface area contributed by atoms with Crippen molar-refractivity contribution in [3.63, 3.8) is 0 Å². The van der Waals surface area contributed by atoms with Crippen molar-refractivity contribution in [1.82, 2.24) is 0 Å². The number of thioether (sulfide) groups is 1. The molecule has 1 saturated heterocycles. The zero-order valence-corrected chi connectivity index (χ0v) is 16.5. The molecule has 1 atom stereocenters. The lowest BCUT2D eigenvalue weighted by Gasteiger charge is -2.15. The number of benzene rings is 2. The second kappa shape index (κ2) is 7.81. The number of carbonyl (C=O) groups is 2. The molecule has 0 radical (unpaired) electrons. The third-order valence-electron chi connectivity index (χ3n) is 3.73. The summed E-state index contributed by atoms with van der Waals surface area (Å²) in [7, 11) is 0. The molecule has 130 valence electrons. The van der Waals surface area contributed by atoms with Crippen LogP contribution in [0.15, 0.2) is 46.9 Å². The highest BCUT2D eigenvalue weighted by Gasteiger charge is 2.40. The summed E-state index contributed by atoms with van der Waals surface area (Å²) in [5.74, 6) is 0.510. The van der Waals surface area contributed by atoms with Gasteiger partial charge in [0.05, 0.1) is 17.5 Å². The highest BCUT2D eigenvalue weighted by molar-refractivity contribution is 9.10. The molecule has 0 bridgehead atoms. The Bertz CT molecular complexity index is 812. The van der Waals surface area contributed by atoms with Gasteiger partial charge in [0, 0.05) is 9.50 Å². The number of halogens is 2. The molecule has 25 heavy (non-hydrogen) atoms. The third kappa shape index (κ3) is 4.02. The van der Waals surface area contributed by atoms with Gasteiger partial charge in [0.1, 0.15) is 5.75 Å². The Labute approximate surface area is 163 Å². The van der Waals surface area contributed by atoms with Gasteiger partial charge in [0.15, 0.2) is 0 Å². The van der Waals surface area contributed by atoms with E-state index in [2.05, 4.69) is 15.9 Å². The van der Waals surface area contributed by atoms with Crippen LogP contribution in [0.3, 0.4) is 0 Å². The first-order chi connectivity index (χ1) is 12.0. The Morgan fingerprint density at radius 3 is 2.60 bits per heavy atom. The molecule has 7 heteroatoms. The average Bonchev–Trinajstić information content (AvgIpc) is 2.85. The fourth-order valence-electron chi connectivity index (χ4n) is 2.61. The van der Waals surface area contributed by atoms with Crippen molar-refractivity contribution in [3.8, 4) is 5.75 Å². The van der Waals surface area contributed by atoms with Crippen LogP contribution >= 0.6 is 39.3 Å². The summed E-state index contributed by atoms with van der Waals surface area (Å²) in [6, 6.07) is 12.4. The van der Waals surface area contributed by atoms with Gasteiger partial charge in [-0.2, -0.15) is 0 Å². The molecule has 2 aromatic rings. The smallest absolute Gasteiger partial charge is 0.293 e. The summed E-state index contributed by atoms with van der Waals surface area (Å²) in [6.45, 7) is 2.45. The fraction of sp³-hybridized carbons (Fsp3) is 0.222. The molecule has 0 N–H and O–H groups in total. The monoisotopic (exact) mass is 439 g/mol. The van der Waals surface area contributed by atoms with Crippen molar-refractivity contribution in [2.75, 3.05) is 11.5 Å². The van der Waals surface area contributed by atoms with Crippen LogP contribution in [-0.2, 0) is 11.2 Å². The summed E-state index contributed by atoms with van der Waals surface area (Å²) in [4.78, 5) is 26.3. The number of hydrogen-bond donors (Lipinski definition) is 0. The van der Waals surface area contributed by atoms with E-state index in [-0.39, 0.29) is 11.1 Å². The van der Waals surface area contributed by atoms with Crippen LogP contribution in [0, 0.1) is 0 Å². The summed E-state index contributed by atoms with van der Waals surface area (Å²) >= 11 is 10.4. The number of ether oxygens (including phenoxy) is 1. The second-order valence-corrected chi connectivity index (χ2v) is 7.92. The van der Waals surface area contributed by atoms with Gasteiger partial charge in [-0.25, -0.2) is 4.90 Å².